The second-order valence-corrected chi connectivity index (χ2v) is 6.20. The Morgan fingerprint density at radius 1 is 1.45 bits per heavy atom. The average Bonchev–Trinajstić information content (AvgIpc) is 2.24. The van der Waals surface area contributed by atoms with Gasteiger partial charge in [-0.1, -0.05) is 25.4 Å². The number of ether oxygens (including phenoxy) is 1. The summed E-state index contributed by atoms with van der Waals surface area (Å²) in [7, 11) is 0. The topological polar surface area (TPSA) is 67.4 Å². The highest BCUT2D eigenvalue weighted by Gasteiger charge is 2.20. The van der Waals surface area contributed by atoms with Crippen molar-refractivity contribution in [3.8, 4) is 0 Å². The molecule has 0 aromatic carbocycles. The number of hydrazine groups is 1. The molecule has 0 saturated heterocycles. The first-order valence-electron chi connectivity index (χ1n) is 6.42. The fourth-order valence-corrected chi connectivity index (χ4v) is 1.59. The standard InChI is InChI=1S/C13H21ClN4O2/c1-9(2)7-18(11-6-10(14)15-8-16-11)17-12(19)20-13(3,4)5/h6,8-9H,7H2,1-5H3,(H,17,19). The Balaban J connectivity index is 2.82. The summed E-state index contributed by atoms with van der Waals surface area (Å²) < 4.78 is 5.23. The molecule has 112 valence electrons. The van der Waals surface area contributed by atoms with Crippen LogP contribution < -0.4 is 10.4 Å². The van der Waals surface area contributed by atoms with Gasteiger partial charge >= 0.3 is 6.09 Å². The van der Waals surface area contributed by atoms with Crippen molar-refractivity contribution in [1.82, 2.24) is 15.4 Å². The molecule has 0 radical (unpaired) electrons. The van der Waals surface area contributed by atoms with Gasteiger partial charge in [0.1, 0.15) is 17.1 Å². The van der Waals surface area contributed by atoms with E-state index in [1.807, 2.05) is 13.8 Å². The minimum Gasteiger partial charge on any atom is -0.443 e. The Morgan fingerprint density at radius 2 is 2.10 bits per heavy atom. The van der Waals surface area contributed by atoms with Crippen LogP contribution in [0.25, 0.3) is 0 Å². The maximum atomic E-state index is 11.9. The zero-order valence-electron chi connectivity index (χ0n) is 12.5. The van der Waals surface area contributed by atoms with E-state index in [1.54, 1.807) is 31.8 Å². The van der Waals surface area contributed by atoms with E-state index in [0.717, 1.165) is 0 Å². The average molecular weight is 301 g/mol. The summed E-state index contributed by atoms with van der Waals surface area (Å²) in [6, 6.07) is 1.58. The van der Waals surface area contributed by atoms with Crippen LogP contribution in [0.2, 0.25) is 5.15 Å². The lowest BCUT2D eigenvalue weighted by Gasteiger charge is -2.28. The first-order valence-corrected chi connectivity index (χ1v) is 6.80. The molecule has 0 fully saturated rings. The van der Waals surface area contributed by atoms with Crippen LogP contribution in [0.1, 0.15) is 34.6 Å². The molecule has 0 aliphatic rings. The van der Waals surface area contributed by atoms with E-state index >= 15 is 0 Å². The van der Waals surface area contributed by atoms with Gasteiger partial charge in [0.15, 0.2) is 5.82 Å². The van der Waals surface area contributed by atoms with E-state index in [2.05, 4.69) is 15.4 Å². The molecular weight excluding hydrogens is 280 g/mol. The van der Waals surface area contributed by atoms with E-state index < -0.39 is 11.7 Å². The largest absolute Gasteiger partial charge is 0.443 e. The minimum atomic E-state index is -0.559. The number of aromatic nitrogens is 2. The van der Waals surface area contributed by atoms with Crippen LogP contribution in [0, 0.1) is 5.92 Å². The molecule has 1 N–H and O–H groups in total. The van der Waals surface area contributed by atoms with Crippen molar-refractivity contribution in [2.75, 3.05) is 11.6 Å². The molecule has 1 aromatic heterocycles. The van der Waals surface area contributed by atoms with Crippen molar-refractivity contribution in [3.63, 3.8) is 0 Å². The Labute approximate surface area is 124 Å². The number of anilines is 1. The lowest BCUT2D eigenvalue weighted by molar-refractivity contribution is 0.0519. The highest BCUT2D eigenvalue weighted by molar-refractivity contribution is 6.29. The number of nitrogens with zero attached hydrogens (tertiary/aromatic N) is 3. The van der Waals surface area contributed by atoms with Crippen LogP contribution in [0.3, 0.4) is 0 Å². The molecule has 0 aliphatic carbocycles. The van der Waals surface area contributed by atoms with Crippen molar-refractivity contribution in [2.45, 2.75) is 40.2 Å². The Morgan fingerprint density at radius 3 is 2.60 bits per heavy atom. The van der Waals surface area contributed by atoms with Crippen molar-refractivity contribution in [1.29, 1.82) is 0 Å². The molecule has 20 heavy (non-hydrogen) atoms. The molecule has 1 amide bonds. The van der Waals surface area contributed by atoms with E-state index in [4.69, 9.17) is 16.3 Å². The summed E-state index contributed by atoms with van der Waals surface area (Å²) in [5.41, 5.74) is 2.11. The van der Waals surface area contributed by atoms with Crippen LogP contribution in [0.5, 0.6) is 0 Å². The van der Waals surface area contributed by atoms with Crippen molar-refractivity contribution in [2.24, 2.45) is 5.92 Å². The van der Waals surface area contributed by atoms with Gasteiger partial charge in [-0.2, -0.15) is 0 Å². The van der Waals surface area contributed by atoms with Gasteiger partial charge in [0.2, 0.25) is 0 Å². The molecule has 1 aromatic rings. The number of hydrogen-bond donors (Lipinski definition) is 1. The predicted molar refractivity (Wildman–Crippen MR) is 78.6 cm³/mol. The highest BCUT2D eigenvalue weighted by Crippen LogP contribution is 2.15. The maximum Gasteiger partial charge on any atom is 0.426 e. The number of hydrogen-bond acceptors (Lipinski definition) is 5. The first kappa shape index (κ1) is 16.5. The third kappa shape index (κ3) is 6.06. The number of amides is 1. The number of nitrogens with one attached hydrogen (secondary N) is 1. The van der Waals surface area contributed by atoms with Crippen molar-refractivity contribution < 1.29 is 9.53 Å². The Bertz CT molecular complexity index is 460. The van der Waals surface area contributed by atoms with Gasteiger partial charge in [0.05, 0.1) is 0 Å². The molecule has 1 rings (SSSR count). The van der Waals surface area contributed by atoms with E-state index in [0.29, 0.717) is 23.4 Å². The summed E-state index contributed by atoms with van der Waals surface area (Å²) in [5, 5.41) is 1.92. The summed E-state index contributed by atoms with van der Waals surface area (Å²) in [6.07, 6.45) is 0.815. The van der Waals surface area contributed by atoms with Crippen molar-refractivity contribution in [3.05, 3.63) is 17.5 Å². The molecule has 6 nitrogen and oxygen atoms in total. The van der Waals surface area contributed by atoms with E-state index in [-0.39, 0.29) is 0 Å². The van der Waals surface area contributed by atoms with Crippen LogP contribution in [0.15, 0.2) is 12.4 Å². The Hall–Kier alpha value is -1.56. The third-order valence-corrected chi connectivity index (χ3v) is 2.28. The van der Waals surface area contributed by atoms with Gasteiger partial charge in [-0.05, 0) is 26.7 Å². The summed E-state index contributed by atoms with van der Waals surface area (Å²) in [5.74, 6) is 0.836. The summed E-state index contributed by atoms with van der Waals surface area (Å²) >= 11 is 5.85. The van der Waals surface area contributed by atoms with Gasteiger partial charge in [0, 0.05) is 12.6 Å². The molecular formula is C13H21ClN4O2. The molecule has 0 atom stereocenters. The number of rotatable bonds is 4. The molecule has 0 saturated carbocycles. The zero-order chi connectivity index (χ0) is 15.3. The summed E-state index contributed by atoms with van der Waals surface area (Å²) in [4.78, 5) is 19.8. The van der Waals surface area contributed by atoms with Crippen LogP contribution >= 0.6 is 11.6 Å². The Kier molecular flexibility index (Phi) is 5.56. The van der Waals surface area contributed by atoms with Gasteiger partial charge in [-0.25, -0.2) is 20.2 Å². The molecule has 1 heterocycles. The maximum absolute atomic E-state index is 11.9. The molecule has 7 heteroatoms. The summed E-state index contributed by atoms with van der Waals surface area (Å²) in [6.45, 7) is 10.1. The fourth-order valence-electron chi connectivity index (χ4n) is 1.44. The first-order chi connectivity index (χ1) is 9.17. The van der Waals surface area contributed by atoms with Crippen LogP contribution in [0.4, 0.5) is 10.6 Å². The normalized spacial score (nSPS) is 11.3. The monoisotopic (exact) mass is 300 g/mol. The number of carbonyl (C=O) groups excluding carboxylic acids is 1. The van der Waals surface area contributed by atoms with Crippen LogP contribution in [-0.4, -0.2) is 28.2 Å². The molecule has 0 aliphatic heterocycles. The number of halogens is 1. The van der Waals surface area contributed by atoms with Gasteiger partial charge in [0.25, 0.3) is 0 Å². The molecule has 0 bridgehead atoms. The van der Waals surface area contributed by atoms with Crippen molar-refractivity contribution >= 4 is 23.5 Å². The SMILES string of the molecule is CC(C)CN(NC(=O)OC(C)(C)C)c1cc(Cl)ncn1. The van der Waals surface area contributed by atoms with Gasteiger partial charge in [-0.3, -0.25) is 5.01 Å². The molecule has 0 spiro atoms. The lowest BCUT2D eigenvalue weighted by atomic mass is 10.2. The van der Waals surface area contributed by atoms with Gasteiger partial charge < -0.3 is 4.74 Å². The third-order valence-electron chi connectivity index (χ3n) is 2.07. The highest BCUT2D eigenvalue weighted by atomic mass is 35.5. The van der Waals surface area contributed by atoms with Gasteiger partial charge in [-0.15, -0.1) is 0 Å². The second-order valence-electron chi connectivity index (χ2n) is 5.82. The quantitative estimate of drug-likeness (QED) is 0.684. The smallest absolute Gasteiger partial charge is 0.426 e. The predicted octanol–water partition coefficient (Wildman–Crippen LogP) is 3.03. The second kappa shape index (κ2) is 6.74. The van der Waals surface area contributed by atoms with E-state index in [9.17, 15) is 4.79 Å². The van der Waals surface area contributed by atoms with E-state index in [1.165, 1.54) is 6.33 Å². The minimum absolute atomic E-state index is 0.315. The fraction of sp³-hybridized carbons (Fsp3) is 0.615. The lowest BCUT2D eigenvalue weighted by Crippen LogP contribution is -2.47. The molecule has 0 unspecified atom stereocenters. The zero-order valence-corrected chi connectivity index (χ0v) is 13.2. The number of carbonyl (C=O) groups is 1. The van der Waals surface area contributed by atoms with Crippen LogP contribution in [-0.2, 0) is 4.74 Å².